The summed E-state index contributed by atoms with van der Waals surface area (Å²) in [5.74, 6) is -0.186. The van der Waals surface area contributed by atoms with E-state index in [-0.39, 0.29) is 11.9 Å². The van der Waals surface area contributed by atoms with Gasteiger partial charge in [-0.1, -0.05) is 15.9 Å². The summed E-state index contributed by atoms with van der Waals surface area (Å²) in [6.07, 6.45) is 0. The minimum absolute atomic E-state index is 0.0938. The Bertz CT molecular complexity index is 470. The van der Waals surface area contributed by atoms with E-state index in [0.29, 0.717) is 5.56 Å². The van der Waals surface area contributed by atoms with Crippen LogP contribution in [0, 0.1) is 5.82 Å². The zero-order valence-corrected chi connectivity index (χ0v) is 11.1. The van der Waals surface area contributed by atoms with E-state index < -0.39 is 0 Å². The Morgan fingerprint density at radius 2 is 2.19 bits per heavy atom. The summed E-state index contributed by atoms with van der Waals surface area (Å²) in [5.41, 5.74) is 1.75. The normalized spacial score (nSPS) is 12.7. The molecule has 4 heteroatoms. The van der Waals surface area contributed by atoms with Gasteiger partial charge < -0.3 is 5.32 Å². The quantitative estimate of drug-likeness (QED) is 0.905. The molecule has 0 radical (unpaired) electrons. The molecule has 0 saturated carbocycles. The molecular formula is C12H11BrFNS. The first-order valence-electron chi connectivity index (χ1n) is 4.86. The molecule has 1 aromatic carbocycles. The molecule has 0 fully saturated rings. The Labute approximate surface area is 106 Å². The van der Waals surface area contributed by atoms with Crippen molar-refractivity contribution in [2.45, 2.75) is 6.04 Å². The van der Waals surface area contributed by atoms with Crippen molar-refractivity contribution >= 4 is 27.3 Å². The van der Waals surface area contributed by atoms with Crippen LogP contribution >= 0.6 is 27.3 Å². The van der Waals surface area contributed by atoms with Crippen molar-refractivity contribution in [2.75, 3.05) is 7.05 Å². The Morgan fingerprint density at radius 1 is 1.38 bits per heavy atom. The van der Waals surface area contributed by atoms with Crippen molar-refractivity contribution in [1.29, 1.82) is 0 Å². The van der Waals surface area contributed by atoms with Crippen LogP contribution in [-0.4, -0.2) is 7.05 Å². The molecule has 0 bridgehead atoms. The van der Waals surface area contributed by atoms with E-state index in [9.17, 15) is 4.39 Å². The third kappa shape index (κ3) is 2.34. The van der Waals surface area contributed by atoms with Gasteiger partial charge in [0.05, 0.1) is 6.04 Å². The van der Waals surface area contributed by atoms with Gasteiger partial charge in [0.2, 0.25) is 0 Å². The van der Waals surface area contributed by atoms with Gasteiger partial charge in [0, 0.05) is 10.0 Å². The predicted octanol–water partition coefficient (Wildman–Crippen LogP) is 3.96. The van der Waals surface area contributed by atoms with E-state index in [2.05, 4.69) is 21.2 Å². The van der Waals surface area contributed by atoms with E-state index in [1.807, 2.05) is 29.9 Å². The SMILES string of the molecule is CNC(c1ccsc1)c1cc(Br)ccc1F. The third-order valence-electron chi connectivity index (χ3n) is 2.43. The zero-order valence-electron chi connectivity index (χ0n) is 8.71. The Balaban J connectivity index is 2.44. The van der Waals surface area contributed by atoms with E-state index in [0.717, 1.165) is 10.0 Å². The number of hydrogen-bond donors (Lipinski definition) is 1. The molecule has 0 aliphatic rings. The van der Waals surface area contributed by atoms with Gasteiger partial charge >= 0.3 is 0 Å². The van der Waals surface area contributed by atoms with E-state index in [4.69, 9.17) is 0 Å². The van der Waals surface area contributed by atoms with Crippen molar-refractivity contribution in [3.63, 3.8) is 0 Å². The first-order valence-corrected chi connectivity index (χ1v) is 6.60. The highest BCUT2D eigenvalue weighted by Crippen LogP contribution is 2.27. The van der Waals surface area contributed by atoms with Gasteiger partial charge in [-0.25, -0.2) is 4.39 Å². The molecule has 1 nitrogen and oxygen atoms in total. The second-order valence-corrected chi connectivity index (χ2v) is 5.14. The largest absolute Gasteiger partial charge is 0.309 e. The average Bonchev–Trinajstić information content (AvgIpc) is 2.78. The molecule has 1 N–H and O–H groups in total. The minimum Gasteiger partial charge on any atom is -0.309 e. The van der Waals surface area contributed by atoms with Crippen LogP contribution in [0.2, 0.25) is 0 Å². The molecule has 1 heterocycles. The number of benzene rings is 1. The molecule has 0 amide bonds. The molecule has 0 spiro atoms. The standard InChI is InChI=1S/C12H11BrFNS/c1-15-12(8-4-5-16-7-8)10-6-9(13)2-3-11(10)14/h2-7,12,15H,1H3. The third-order valence-corrected chi connectivity index (χ3v) is 3.63. The second kappa shape index (κ2) is 5.08. The Hall–Kier alpha value is -0.710. The van der Waals surface area contributed by atoms with Crippen LogP contribution in [0.1, 0.15) is 17.2 Å². The summed E-state index contributed by atoms with van der Waals surface area (Å²) < 4.78 is 14.6. The predicted molar refractivity (Wildman–Crippen MR) is 69.3 cm³/mol. The van der Waals surface area contributed by atoms with Gasteiger partial charge in [-0.05, 0) is 47.6 Å². The average molecular weight is 300 g/mol. The van der Waals surface area contributed by atoms with Crippen LogP contribution in [-0.2, 0) is 0 Å². The molecular weight excluding hydrogens is 289 g/mol. The summed E-state index contributed by atoms with van der Waals surface area (Å²) >= 11 is 4.98. The van der Waals surface area contributed by atoms with Crippen molar-refractivity contribution in [2.24, 2.45) is 0 Å². The topological polar surface area (TPSA) is 12.0 Å². The lowest BCUT2D eigenvalue weighted by atomic mass is 10.0. The molecule has 2 rings (SSSR count). The highest BCUT2D eigenvalue weighted by Gasteiger charge is 2.16. The van der Waals surface area contributed by atoms with Gasteiger partial charge in [-0.3, -0.25) is 0 Å². The lowest BCUT2D eigenvalue weighted by Crippen LogP contribution is -2.18. The summed E-state index contributed by atoms with van der Waals surface area (Å²) in [6.45, 7) is 0. The van der Waals surface area contributed by atoms with Crippen LogP contribution < -0.4 is 5.32 Å². The lowest BCUT2D eigenvalue weighted by Gasteiger charge is -2.16. The second-order valence-electron chi connectivity index (χ2n) is 3.44. The minimum atomic E-state index is -0.186. The number of halogens is 2. The van der Waals surface area contributed by atoms with E-state index in [1.54, 1.807) is 17.4 Å². The molecule has 0 aliphatic heterocycles. The zero-order chi connectivity index (χ0) is 11.5. The lowest BCUT2D eigenvalue weighted by molar-refractivity contribution is 0.576. The number of hydrogen-bond acceptors (Lipinski definition) is 2. The fourth-order valence-electron chi connectivity index (χ4n) is 1.68. The highest BCUT2D eigenvalue weighted by atomic mass is 79.9. The van der Waals surface area contributed by atoms with Crippen LogP contribution in [0.4, 0.5) is 4.39 Å². The van der Waals surface area contributed by atoms with Gasteiger partial charge in [-0.15, -0.1) is 0 Å². The van der Waals surface area contributed by atoms with E-state index in [1.165, 1.54) is 6.07 Å². The fourth-order valence-corrected chi connectivity index (χ4v) is 2.74. The first-order chi connectivity index (χ1) is 7.72. The van der Waals surface area contributed by atoms with Gasteiger partial charge in [0.1, 0.15) is 5.82 Å². The summed E-state index contributed by atoms with van der Waals surface area (Å²) in [4.78, 5) is 0. The van der Waals surface area contributed by atoms with Crippen molar-refractivity contribution in [3.05, 3.63) is 56.4 Å². The first kappa shape index (κ1) is 11.8. The maximum atomic E-state index is 13.7. The molecule has 16 heavy (non-hydrogen) atoms. The summed E-state index contributed by atoms with van der Waals surface area (Å²) in [7, 11) is 1.84. The van der Waals surface area contributed by atoms with Crippen LogP contribution in [0.3, 0.4) is 0 Å². The van der Waals surface area contributed by atoms with Crippen molar-refractivity contribution in [1.82, 2.24) is 5.32 Å². The van der Waals surface area contributed by atoms with Crippen LogP contribution in [0.5, 0.6) is 0 Å². The molecule has 0 saturated heterocycles. The fraction of sp³-hybridized carbons (Fsp3) is 0.167. The van der Waals surface area contributed by atoms with Crippen LogP contribution in [0.25, 0.3) is 0 Å². The number of rotatable bonds is 3. The molecule has 1 unspecified atom stereocenters. The van der Waals surface area contributed by atoms with Crippen molar-refractivity contribution < 1.29 is 4.39 Å². The summed E-state index contributed by atoms with van der Waals surface area (Å²) in [6, 6.07) is 6.92. The molecule has 1 aromatic heterocycles. The number of nitrogens with one attached hydrogen (secondary N) is 1. The maximum Gasteiger partial charge on any atom is 0.128 e. The molecule has 2 aromatic rings. The van der Waals surface area contributed by atoms with Gasteiger partial charge in [0.25, 0.3) is 0 Å². The Morgan fingerprint density at radius 3 is 2.81 bits per heavy atom. The van der Waals surface area contributed by atoms with Gasteiger partial charge in [0.15, 0.2) is 0 Å². The Kier molecular flexibility index (Phi) is 3.74. The highest BCUT2D eigenvalue weighted by molar-refractivity contribution is 9.10. The monoisotopic (exact) mass is 299 g/mol. The van der Waals surface area contributed by atoms with Gasteiger partial charge in [-0.2, -0.15) is 11.3 Å². The molecule has 0 aliphatic carbocycles. The maximum absolute atomic E-state index is 13.7. The number of thiophene rings is 1. The van der Waals surface area contributed by atoms with Crippen molar-refractivity contribution in [3.8, 4) is 0 Å². The molecule has 84 valence electrons. The molecule has 1 atom stereocenters. The van der Waals surface area contributed by atoms with Crippen LogP contribution in [0.15, 0.2) is 39.5 Å². The summed E-state index contributed by atoms with van der Waals surface area (Å²) in [5, 5.41) is 7.16. The van der Waals surface area contributed by atoms with E-state index >= 15 is 0 Å². The smallest absolute Gasteiger partial charge is 0.128 e.